The van der Waals surface area contributed by atoms with Crippen molar-refractivity contribution in [2.45, 2.75) is 11.9 Å². The minimum Gasteiger partial charge on any atom is -0.276 e. The number of nitrogens with one attached hydrogen (secondary N) is 1. The van der Waals surface area contributed by atoms with Gasteiger partial charge in [-0.05, 0) is 31.2 Å². The van der Waals surface area contributed by atoms with Gasteiger partial charge in [0.05, 0.1) is 21.9 Å². The molecule has 5 nitrogen and oxygen atoms in total. The Morgan fingerprint density at radius 2 is 1.86 bits per heavy atom. The molecule has 0 saturated heterocycles. The molecule has 0 radical (unpaired) electrons. The van der Waals surface area contributed by atoms with Gasteiger partial charge in [-0.2, -0.15) is 8.42 Å². The van der Waals surface area contributed by atoms with Gasteiger partial charge in [0.15, 0.2) is 5.03 Å². The quantitative estimate of drug-likeness (QED) is 0.797. The Bertz CT molecular complexity index is 953. The molecule has 2 aromatic heterocycles. The second-order valence-corrected chi connectivity index (χ2v) is 6.74. The summed E-state index contributed by atoms with van der Waals surface area (Å²) in [5, 5.41) is 1.19. The Balaban J connectivity index is 2.05. The van der Waals surface area contributed by atoms with E-state index in [4.69, 9.17) is 11.6 Å². The van der Waals surface area contributed by atoms with Gasteiger partial charge >= 0.3 is 0 Å². The summed E-state index contributed by atoms with van der Waals surface area (Å²) < 4.78 is 27.5. The van der Waals surface area contributed by atoms with E-state index in [2.05, 4.69) is 14.7 Å². The number of aromatic nitrogens is 2. The second-order valence-electron chi connectivity index (χ2n) is 4.70. The molecule has 0 aliphatic heterocycles. The lowest BCUT2D eigenvalue weighted by molar-refractivity contribution is 0.597. The number of rotatable bonds is 3. The second kappa shape index (κ2) is 5.55. The smallest absolute Gasteiger partial charge is 0.276 e. The van der Waals surface area contributed by atoms with Crippen LogP contribution in [0.25, 0.3) is 10.9 Å². The molecule has 1 aromatic carbocycles. The van der Waals surface area contributed by atoms with Crippen LogP contribution in [-0.2, 0) is 10.0 Å². The van der Waals surface area contributed by atoms with E-state index < -0.39 is 10.0 Å². The van der Waals surface area contributed by atoms with Crippen LogP contribution in [0.5, 0.6) is 0 Å². The van der Waals surface area contributed by atoms with Crippen LogP contribution in [0.1, 0.15) is 5.69 Å². The van der Waals surface area contributed by atoms with Crippen molar-refractivity contribution < 1.29 is 8.42 Å². The lowest BCUT2D eigenvalue weighted by Crippen LogP contribution is -2.15. The highest BCUT2D eigenvalue weighted by atomic mass is 35.5. The fraction of sp³-hybridized carbons (Fsp3) is 0.0667. The van der Waals surface area contributed by atoms with Crippen LogP contribution in [0, 0.1) is 6.92 Å². The summed E-state index contributed by atoms with van der Waals surface area (Å²) in [5.41, 5.74) is 1.45. The first-order valence-corrected chi connectivity index (χ1v) is 8.33. The summed E-state index contributed by atoms with van der Waals surface area (Å²) in [6, 6.07) is 11.8. The van der Waals surface area contributed by atoms with Crippen molar-refractivity contribution >= 4 is 38.2 Å². The number of hydrogen-bond acceptors (Lipinski definition) is 4. The summed E-state index contributed by atoms with van der Waals surface area (Å²) in [7, 11) is -3.80. The minimum atomic E-state index is -3.80. The molecule has 0 aliphatic carbocycles. The first-order chi connectivity index (χ1) is 10.5. The number of aryl methyl sites for hydroxylation is 1. The zero-order valence-corrected chi connectivity index (χ0v) is 13.2. The van der Waals surface area contributed by atoms with Crippen molar-refractivity contribution in [2.75, 3.05) is 4.72 Å². The van der Waals surface area contributed by atoms with Crippen molar-refractivity contribution in [3.63, 3.8) is 0 Å². The third-order valence-corrected chi connectivity index (χ3v) is 4.81. The van der Waals surface area contributed by atoms with Gasteiger partial charge in [-0.25, -0.2) is 4.98 Å². The lowest BCUT2D eigenvalue weighted by Gasteiger charge is -2.10. The van der Waals surface area contributed by atoms with Crippen LogP contribution < -0.4 is 4.72 Å². The maximum atomic E-state index is 12.5. The van der Waals surface area contributed by atoms with Gasteiger partial charge < -0.3 is 0 Å². The Labute approximate surface area is 133 Å². The third-order valence-electron chi connectivity index (χ3n) is 3.15. The minimum absolute atomic E-state index is 0.0812. The summed E-state index contributed by atoms with van der Waals surface area (Å²) in [5.74, 6) is 0. The van der Waals surface area contributed by atoms with Gasteiger partial charge in [0.2, 0.25) is 0 Å². The van der Waals surface area contributed by atoms with Crippen molar-refractivity contribution in [1.82, 2.24) is 9.97 Å². The normalized spacial score (nSPS) is 11.5. The first kappa shape index (κ1) is 14.7. The van der Waals surface area contributed by atoms with Crippen molar-refractivity contribution in [3.8, 4) is 0 Å². The Morgan fingerprint density at radius 1 is 1.09 bits per heavy atom. The molecule has 1 N–H and O–H groups in total. The zero-order chi connectivity index (χ0) is 15.7. The maximum Gasteiger partial charge on any atom is 0.279 e. The van der Waals surface area contributed by atoms with E-state index in [0.29, 0.717) is 21.9 Å². The van der Waals surface area contributed by atoms with Crippen molar-refractivity contribution in [3.05, 3.63) is 59.4 Å². The van der Waals surface area contributed by atoms with Crippen LogP contribution in [0.2, 0.25) is 5.02 Å². The molecule has 0 unspecified atom stereocenters. The average Bonchev–Trinajstić information content (AvgIpc) is 2.50. The largest absolute Gasteiger partial charge is 0.279 e. The van der Waals surface area contributed by atoms with E-state index >= 15 is 0 Å². The standard InChI is InChI=1S/C15H12ClN3O2S/c1-10-12(16)7-8-14(18-10)22(20,21)19-13-6-2-4-11-5-3-9-17-15(11)13/h2-9,19H,1H3. The van der Waals surface area contributed by atoms with Crippen LogP contribution in [-0.4, -0.2) is 18.4 Å². The Morgan fingerprint density at radius 3 is 2.64 bits per heavy atom. The predicted octanol–water partition coefficient (Wildman–Crippen LogP) is 3.39. The summed E-state index contributed by atoms with van der Waals surface area (Å²) in [6.07, 6.45) is 1.62. The van der Waals surface area contributed by atoms with Crippen LogP contribution >= 0.6 is 11.6 Å². The molecule has 0 saturated carbocycles. The van der Waals surface area contributed by atoms with Gasteiger partial charge in [0.25, 0.3) is 10.0 Å². The van der Waals surface area contributed by atoms with E-state index in [1.54, 1.807) is 31.3 Å². The number of fused-ring (bicyclic) bond motifs is 1. The van der Waals surface area contributed by atoms with Gasteiger partial charge in [-0.3, -0.25) is 9.71 Å². The third kappa shape index (κ3) is 2.75. The summed E-state index contributed by atoms with van der Waals surface area (Å²) in [4.78, 5) is 8.24. The summed E-state index contributed by atoms with van der Waals surface area (Å²) in [6.45, 7) is 1.65. The van der Waals surface area contributed by atoms with Crippen molar-refractivity contribution in [2.24, 2.45) is 0 Å². The molecule has 3 rings (SSSR count). The number of hydrogen-bond donors (Lipinski definition) is 1. The molecule has 2 heterocycles. The lowest BCUT2D eigenvalue weighted by atomic mass is 10.2. The Hall–Kier alpha value is -2.18. The van der Waals surface area contributed by atoms with Crippen LogP contribution in [0.3, 0.4) is 0 Å². The monoisotopic (exact) mass is 333 g/mol. The maximum absolute atomic E-state index is 12.5. The molecule has 0 amide bonds. The number of halogens is 1. The van der Waals surface area contributed by atoms with Gasteiger partial charge in [0.1, 0.15) is 0 Å². The van der Waals surface area contributed by atoms with E-state index in [-0.39, 0.29) is 5.03 Å². The molecule has 7 heteroatoms. The molecule has 112 valence electrons. The number of para-hydroxylation sites is 1. The fourth-order valence-electron chi connectivity index (χ4n) is 2.05. The molecule has 0 atom stereocenters. The highest BCUT2D eigenvalue weighted by Gasteiger charge is 2.18. The molecule has 22 heavy (non-hydrogen) atoms. The van der Waals surface area contributed by atoms with Gasteiger partial charge in [0, 0.05) is 11.6 Å². The molecule has 0 bridgehead atoms. The number of pyridine rings is 2. The molecule has 3 aromatic rings. The molecular formula is C15H12ClN3O2S. The average molecular weight is 334 g/mol. The number of anilines is 1. The van der Waals surface area contributed by atoms with Crippen molar-refractivity contribution in [1.29, 1.82) is 0 Å². The number of benzene rings is 1. The summed E-state index contributed by atoms with van der Waals surface area (Å²) >= 11 is 5.88. The Kier molecular flexibility index (Phi) is 3.72. The fourth-order valence-corrected chi connectivity index (χ4v) is 3.22. The topological polar surface area (TPSA) is 72.0 Å². The molecule has 0 fully saturated rings. The first-order valence-electron chi connectivity index (χ1n) is 6.47. The van der Waals surface area contributed by atoms with E-state index in [1.807, 2.05) is 12.1 Å². The van der Waals surface area contributed by atoms with Crippen LogP contribution in [0.4, 0.5) is 5.69 Å². The van der Waals surface area contributed by atoms with E-state index in [1.165, 1.54) is 12.1 Å². The molecule has 0 spiro atoms. The highest BCUT2D eigenvalue weighted by molar-refractivity contribution is 7.92. The van der Waals surface area contributed by atoms with E-state index in [0.717, 1.165) is 5.39 Å². The van der Waals surface area contributed by atoms with E-state index in [9.17, 15) is 8.42 Å². The number of nitrogens with zero attached hydrogens (tertiary/aromatic N) is 2. The molecular weight excluding hydrogens is 322 g/mol. The predicted molar refractivity (Wildman–Crippen MR) is 86.5 cm³/mol. The number of sulfonamides is 1. The zero-order valence-electron chi connectivity index (χ0n) is 11.6. The SMILES string of the molecule is Cc1nc(S(=O)(=O)Nc2cccc3cccnc23)ccc1Cl. The highest BCUT2D eigenvalue weighted by Crippen LogP contribution is 2.24. The molecule has 0 aliphatic rings. The van der Waals surface area contributed by atoms with Gasteiger partial charge in [-0.15, -0.1) is 0 Å². The van der Waals surface area contributed by atoms with Crippen LogP contribution in [0.15, 0.2) is 53.7 Å². The van der Waals surface area contributed by atoms with Gasteiger partial charge in [-0.1, -0.05) is 29.8 Å².